The van der Waals surface area contributed by atoms with Gasteiger partial charge in [0.05, 0.1) is 7.11 Å². The quantitative estimate of drug-likeness (QED) is 0.618. The average Bonchev–Trinajstić information content (AvgIpc) is 2.45. The van der Waals surface area contributed by atoms with Gasteiger partial charge >= 0.3 is 5.97 Å². The highest BCUT2D eigenvalue weighted by Crippen LogP contribution is 2.25. The third kappa shape index (κ3) is 3.13. The molecule has 1 aromatic rings. The highest BCUT2D eigenvalue weighted by molar-refractivity contribution is 6.03. The minimum absolute atomic E-state index is 0.218. The monoisotopic (exact) mass is 261 g/mol. The lowest BCUT2D eigenvalue weighted by Crippen LogP contribution is -2.28. The van der Waals surface area contributed by atoms with Crippen molar-refractivity contribution in [1.29, 1.82) is 0 Å². The first-order valence-electron chi connectivity index (χ1n) is 6.57. The molecule has 0 aromatic heterocycles. The number of carbonyl (C=O) groups is 2. The summed E-state index contributed by atoms with van der Waals surface area (Å²) in [5, 5.41) is 0. The van der Waals surface area contributed by atoms with Crippen LogP contribution in [0.2, 0.25) is 0 Å². The molecule has 0 saturated carbocycles. The van der Waals surface area contributed by atoms with Crippen molar-refractivity contribution in [1.82, 2.24) is 0 Å². The molecule has 2 rings (SSSR count). The molecule has 1 aromatic carbocycles. The fraction of sp³-hybridized carbons (Fsp3) is 0.467. The summed E-state index contributed by atoms with van der Waals surface area (Å²) in [4.78, 5) is 24.5. The lowest BCUT2D eigenvalue weighted by molar-refractivity contribution is -0.143. The van der Waals surface area contributed by atoms with E-state index >= 15 is 0 Å². The Balaban J connectivity index is 2.12. The van der Waals surface area contributed by atoms with Gasteiger partial charge in [-0.1, -0.05) is 6.07 Å². The lowest BCUT2D eigenvalue weighted by Gasteiger charge is -2.21. The number of benzene rings is 1. The standard InChI is InChI=1S/C15H19NO3/c1-16(14(17)10-15(18)19-2)13-8-7-11-5-3-4-6-12(11)9-13/h7-9H,3-6,10H2,1-2H3. The molecule has 0 radical (unpaired) electrons. The smallest absolute Gasteiger partial charge is 0.315 e. The van der Waals surface area contributed by atoms with Gasteiger partial charge in [0.1, 0.15) is 6.42 Å². The number of hydrogen-bond acceptors (Lipinski definition) is 3. The van der Waals surface area contributed by atoms with E-state index < -0.39 is 5.97 Å². The van der Waals surface area contributed by atoms with Crippen LogP contribution >= 0.6 is 0 Å². The van der Waals surface area contributed by atoms with Crippen LogP contribution in [-0.4, -0.2) is 26.0 Å². The highest BCUT2D eigenvalue weighted by Gasteiger charge is 2.17. The molecular formula is C15H19NO3. The molecule has 4 heteroatoms. The lowest BCUT2D eigenvalue weighted by atomic mass is 9.91. The van der Waals surface area contributed by atoms with Gasteiger partial charge in [0.15, 0.2) is 0 Å². The number of ether oxygens (including phenoxy) is 1. The summed E-state index contributed by atoms with van der Waals surface area (Å²) in [5.74, 6) is -0.752. The Hall–Kier alpha value is -1.84. The molecule has 0 heterocycles. The van der Waals surface area contributed by atoms with Crippen LogP contribution in [0.25, 0.3) is 0 Å². The van der Waals surface area contributed by atoms with Crippen LogP contribution in [0, 0.1) is 0 Å². The Morgan fingerprint density at radius 1 is 1.21 bits per heavy atom. The van der Waals surface area contributed by atoms with Crippen molar-refractivity contribution in [2.75, 3.05) is 19.1 Å². The van der Waals surface area contributed by atoms with Crippen molar-refractivity contribution in [3.8, 4) is 0 Å². The predicted molar refractivity (Wildman–Crippen MR) is 73.1 cm³/mol. The first-order chi connectivity index (χ1) is 9.11. The Labute approximate surface area is 113 Å². The average molecular weight is 261 g/mol. The van der Waals surface area contributed by atoms with E-state index in [4.69, 9.17) is 0 Å². The Morgan fingerprint density at radius 3 is 2.58 bits per heavy atom. The summed E-state index contributed by atoms with van der Waals surface area (Å²) in [6, 6.07) is 6.09. The van der Waals surface area contributed by atoms with Gasteiger partial charge in [-0.25, -0.2) is 0 Å². The van der Waals surface area contributed by atoms with Crippen molar-refractivity contribution in [3.63, 3.8) is 0 Å². The molecule has 0 aliphatic heterocycles. The zero-order valence-corrected chi connectivity index (χ0v) is 11.4. The van der Waals surface area contributed by atoms with Gasteiger partial charge in [0.2, 0.25) is 5.91 Å². The van der Waals surface area contributed by atoms with Crippen molar-refractivity contribution in [3.05, 3.63) is 29.3 Å². The SMILES string of the molecule is COC(=O)CC(=O)N(C)c1ccc2c(c1)CCCC2. The molecule has 1 amide bonds. The summed E-state index contributed by atoms with van der Waals surface area (Å²) in [6.07, 6.45) is 4.42. The second-order valence-corrected chi connectivity index (χ2v) is 4.87. The van der Waals surface area contributed by atoms with Gasteiger partial charge in [-0.05, 0) is 48.9 Å². The topological polar surface area (TPSA) is 46.6 Å². The van der Waals surface area contributed by atoms with Crippen LogP contribution < -0.4 is 4.90 Å². The van der Waals surface area contributed by atoms with Crippen molar-refractivity contribution >= 4 is 17.6 Å². The molecule has 1 aliphatic rings. The van der Waals surface area contributed by atoms with E-state index in [1.807, 2.05) is 6.07 Å². The molecule has 0 saturated heterocycles. The maximum Gasteiger partial charge on any atom is 0.315 e. The number of rotatable bonds is 3. The van der Waals surface area contributed by atoms with Gasteiger partial charge in [-0.15, -0.1) is 0 Å². The maximum atomic E-state index is 11.9. The molecule has 102 valence electrons. The maximum absolute atomic E-state index is 11.9. The van der Waals surface area contributed by atoms with Gasteiger partial charge in [0, 0.05) is 12.7 Å². The first-order valence-corrected chi connectivity index (χ1v) is 6.57. The van der Waals surface area contributed by atoms with E-state index in [1.54, 1.807) is 7.05 Å². The van der Waals surface area contributed by atoms with Crippen LogP contribution in [0.4, 0.5) is 5.69 Å². The zero-order valence-electron chi connectivity index (χ0n) is 11.4. The van der Waals surface area contributed by atoms with Crippen molar-refractivity contribution in [2.45, 2.75) is 32.1 Å². The number of aryl methyl sites for hydroxylation is 2. The Bertz CT molecular complexity index is 496. The normalized spacial score (nSPS) is 13.6. The molecule has 0 spiro atoms. The molecular weight excluding hydrogens is 242 g/mol. The molecule has 1 aliphatic carbocycles. The van der Waals surface area contributed by atoms with E-state index in [1.165, 1.54) is 36.0 Å². The minimum atomic E-state index is -0.505. The number of carbonyl (C=O) groups excluding carboxylic acids is 2. The van der Waals surface area contributed by atoms with Crippen LogP contribution in [0.15, 0.2) is 18.2 Å². The van der Waals surface area contributed by atoms with Crippen LogP contribution in [0.1, 0.15) is 30.4 Å². The van der Waals surface area contributed by atoms with Gasteiger partial charge in [-0.2, -0.15) is 0 Å². The van der Waals surface area contributed by atoms with Crippen molar-refractivity contribution < 1.29 is 14.3 Å². The van der Waals surface area contributed by atoms with E-state index in [0.717, 1.165) is 18.5 Å². The number of methoxy groups -OCH3 is 1. The third-order valence-electron chi connectivity index (χ3n) is 3.62. The zero-order chi connectivity index (χ0) is 13.8. The largest absolute Gasteiger partial charge is 0.469 e. The fourth-order valence-electron chi connectivity index (χ4n) is 2.39. The molecule has 0 atom stereocenters. The number of hydrogen-bond donors (Lipinski definition) is 0. The molecule has 0 fully saturated rings. The van der Waals surface area contributed by atoms with Gasteiger partial charge in [-0.3, -0.25) is 9.59 Å². The number of anilines is 1. The molecule has 4 nitrogen and oxygen atoms in total. The van der Waals surface area contributed by atoms with Gasteiger partial charge < -0.3 is 9.64 Å². The first kappa shape index (κ1) is 13.6. The van der Waals surface area contributed by atoms with Crippen LogP contribution in [0.5, 0.6) is 0 Å². The fourth-order valence-corrected chi connectivity index (χ4v) is 2.39. The van der Waals surface area contributed by atoms with E-state index in [-0.39, 0.29) is 12.3 Å². The number of esters is 1. The Morgan fingerprint density at radius 2 is 1.89 bits per heavy atom. The Kier molecular flexibility index (Phi) is 4.20. The number of fused-ring (bicyclic) bond motifs is 1. The summed E-state index contributed by atoms with van der Waals surface area (Å²) in [7, 11) is 2.98. The third-order valence-corrected chi connectivity index (χ3v) is 3.62. The predicted octanol–water partition coefficient (Wildman–Crippen LogP) is 2.09. The molecule has 19 heavy (non-hydrogen) atoms. The molecule has 0 unspecified atom stereocenters. The molecule has 0 bridgehead atoms. The van der Waals surface area contributed by atoms with Crippen LogP contribution in [-0.2, 0) is 27.2 Å². The van der Waals surface area contributed by atoms with E-state index in [2.05, 4.69) is 16.9 Å². The van der Waals surface area contributed by atoms with Crippen molar-refractivity contribution in [2.24, 2.45) is 0 Å². The second-order valence-electron chi connectivity index (χ2n) is 4.87. The summed E-state index contributed by atoms with van der Waals surface area (Å²) < 4.78 is 4.51. The summed E-state index contributed by atoms with van der Waals surface area (Å²) in [6.45, 7) is 0. The number of amides is 1. The number of nitrogens with zero attached hydrogens (tertiary/aromatic N) is 1. The summed E-state index contributed by atoms with van der Waals surface area (Å²) in [5.41, 5.74) is 3.54. The second kappa shape index (κ2) is 5.87. The van der Waals surface area contributed by atoms with Gasteiger partial charge in [0.25, 0.3) is 0 Å². The van der Waals surface area contributed by atoms with E-state index in [9.17, 15) is 9.59 Å². The highest BCUT2D eigenvalue weighted by atomic mass is 16.5. The minimum Gasteiger partial charge on any atom is -0.469 e. The summed E-state index contributed by atoms with van der Waals surface area (Å²) >= 11 is 0. The van der Waals surface area contributed by atoms with E-state index in [0.29, 0.717) is 0 Å². The van der Waals surface area contributed by atoms with Crippen LogP contribution in [0.3, 0.4) is 0 Å². The molecule has 0 N–H and O–H groups in total.